The number of carbonyl (C=O) groups excluding carboxylic acids is 1. The van der Waals surface area contributed by atoms with Gasteiger partial charge < -0.3 is 15.8 Å². The molecule has 2 aromatic carbocycles. The number of nitrogens with two attached hydrogens (primary N) is 1. The number of hydrogen-bond donors (Lipinski definition) is 2. The van der Waals surface area contributed by atoms with Crippen LogP contribution < -0.4 is 15.8 Å². The highest BCUT2D eigenvalue weighted by Crippen LogP contribution is 2.22. The Labute approximate surface area is 120 Å². The number of halogens is 2. The highest BCUT2D eigenvalue weighted by Gasteiger charge is 2.08. The maximum atomic E-state index is 13.0. The number of nitrogens with one attached hydrogen (secondary N) is 1. The van der Waals surface area contributed by atoms with Gasteiger partial charge in [-0.15, -0.1) is 0 Å². The lowest BCUT2D eigenvalue weighted by atomic mass is 10.3. The molecular formula is C14H12ClFN2O2. The van der Waals surface area contributed by atoms with Crippen molar-refractivity contribution >= 4 is 28.9 Å². The molecule has 0 heterocycles. The van der Waals surface area contributed by atoms with Crippen LogP contribution in [0.5, 0.6) is 5.75 Å². The molecule has 6 heteroatoms. The van der Waals surface area contributed by atoms with Crippen molar-refractivity contribution in [3.05, 3.63) is 53.3 Å². The lowest BCUT2D eigenvalue weighted by Crippen LogP contribution is -2.20. The van der Waals surface area contributed by atoms with Gasteiger partial charge in [0.2, 0.25) is 0 Å². The second-order valence-corrected chi connectivity index (χ2v) is 4.44. The first-order valence-corrected chi connectivity index (χ1v) is 6.15. The minimum absolute atomic E-state index is 0.206. The highest BCUT2D eigenvalue weighted by molar-refractivity contribution is 6.33. The number of carbonyl (C=O) groups is 1. The minimum atomic E-state index is -0.482. The molecule has 0 aromatic heterocycles. The Morgan fingerprint density at radius 1 is 1.25 bits per heavy atom. The second-order valence-electron chi connectivity index (χ2n) is 4.03. The van der Waals surface area contributed by atoms with Crippen LogP contribution in [-0.2, 0) is 4.79 Å². The number of nitrogen functional groups attached to an aromatic ring is 1. The fraction of sp³-hybridized carbons (Fsp3) is 0.0714. The molecule has 0 bridgehead atoms. The average molecular weight is 295 g/mol. The van der Waals surface area contributed by atoms with Crippen molar-refractivity contribution in [2.45, 2.75) is 0 Å². The van der Waals surface area contributed by atoms with E-state index in [1.807, 2.05) is 0 Å². The molecule has 20 heavy (non-hydrogen) atoms. The molecule has 2 rings (SSSR count). The molecule has 0 radical (unpaired) electrons. The molecule has 0 atom stereocenters. The van der Waals surface area contributed by atoms with Crippen molar-refractivity contribution in [2.75, 3.05) is 17.7 Å². The summed E-state index contributed by atoms with van der Waals surface area (Å²) >= 11 is 5.84. The molecular weight excluding hydrogens is 283 g/mol. The van der Waals surface area contributed by atoms with Gasteiger partial charge in [0, 0.05) is 5.69 Å². The van der Waals surface area contributed by atoms with Crippen LogP contribution in [0.4, 0.5) is 15.8 Å². The monoisotopic (exact) mass is 294 g/mol. The molecule has 0 saturated carbocycles. The highest BCUT2D eigenvalue weighted by atomic mass is 35.5. The SMILES string of the molecule is Nc1ccc(OCC(=O)Nc2cc(F)ccc2Cl)cc1. The van der Waals surface area contributed by atoms with Crippen LogP contribution in [0.25, 0.3) is 0 Å². The van der Waals surface area contributed by atoms with Crippen LogP contribution in [0, 0.1) is 5.82 Å². The molecule has 0 fully saturated rings. The number of hydrogen-bond acceptors (Lipinski definition) is 3. The first-order valence-electron chi connectivity index (χ1n) is 5.78. The fourth-order valence-electron chi connectivity index (χ4n) is 1.49. The van der Waals surface area contributed by atoms with Crippen LogP contribution in [0.15, 0.2) is 42.5 Å². The van der Waals surface area contributed by atoms with Crippen molar-refractivity contribution < 1.29 is 13.9 Å². The van der Waals surface area contributed by atoms with Gasteiger partial charge in [0.1, 0.15) is 11.6 Å². The Kier molecular flexibility index (Phi) is 4.42. The van der Waals surface area contributed by atoms with Crippen molar-refractivity contribution in [1.29, 1.82) is 0 Å². The van der Waals surface area contributed by atoms with Crippen LogP contribution >= 0.6 is 11.6 Å². The summed E-state index contributed by atoms with van der Waals surface area (Å²) in [7, 11) is 0. The van der Waals surface area contributed by atoms with Gasteiger partial charge >= 0.3 is 0 Å². The number of rotatable bonds is 4. The minimum Gasteiger partial charge on any atom is -0.484 e. The van der Waals surface area contributed by atoms with Gasteiger partial charge in [-0.05, 0) is 42.5 Å². The zero-order chi connectivity index (χ0) is 14.5. The maximum absolute atomic E-state index is 13.0. The quantitative estimate of drug-likeness (QED) is 0.852. The summed E-state index contributed by atoms with van der Waals surface area (Å²) in [6.07, 6.45) is 0. The van der Waals surface area contributed by atoms with E-state index in [2.05, 4.69) is 5.32 Å². The smallest absolute Gasteiger partial charge is 0.262 e. The van der Waals surface area contributed by atoms with Gasteiger partial charge in [-0.1, -0.05) is 11.6 Å². The molecule has 0 aliphatic rings. The van der Waals surface area contributed by atoms with E-state index in [0.29, 0.717) is 11.4 Å². The number of anilines is 2. The van der Waals surface area contributed by atoms with Crippen molar-refractivity contribution in [2.24, 2.45) is 0 Å². The molecule has 0 spiro atoms. The van der Waals surface area contributed by atoms with Crippen molar-refractivity contribution in [1.82, 2.24) is 0 Å². The third kappa shape index (κ3) is 3.86. The van der Waals surface area contributed by atoms with Crippen LogP contribution in [0.2, 0.25) is 5.02 Å². The molecule has 0 unspecified atom stereocenters. The summed E-state index contributed by atoms with van der Waals surface area (Å²) in [6.45, 7) is -0.212. The van der Waals surface area contributed by atoms with E-state index in [-0.39, 0.29) is 17.3 Å². The molecule has 1 amide bonds. The molecule has 3 N–H and O–H groups in total. The van der Waals surface area contributed by atoms with Crippen molar-refractivity contribution in [3.8, 4) is 5.75 Å². The van der Waals surface area contributed by atoms with Crippen molar-refractivity contribution in [3.63, 3.8) is 0 Å². The first-order chi connectivity index (χ1) is 9.54. The zero-order valence-electron chi connectivity index (χ0n) is 10.4. The third-order valence-corrected chi connectivity index (χ3v) is 2.78. The molecule has 104 valence electrons. The van der Waals surface area contributed by atoms with E-state index < -0.39 is 11.7 Å². The number of ether oxygens (including phenoxy) is 1. The molecule has 0 aliphatic carbocycles. The van der Waals surface area contributed by atoms with Gasteiger partial charge in [-0.3, -0.25) is 4.79 Å². The van der Waals surface area contributed by atoms with Gasteiger partial charge in [-0.25, -0.2) is 4.39 Å². The Hall–Kier alpha value is -2.27. The normalized spacial score (nSPS) is 10.1. The Balaban J connectivity index is 1.92. The predicted molar refractivity (Wildman–Crippen MR) is 76.4 cm³/mol. The molecule has 0 saturated heterocycles. The summed E-state index contributed by atoms with van der Waals surface area (Å²) < 4.78 is 18.3. The number of benzene rings is 2. The Morgan fingerprint density at radius 2 is 1.95 bits per heavy atom. The third-order valence-electron chi connectivity index (χ3n) is 2.45. The summed E-state index contributed by atoms with van der Waals surface area (Å²) in [6, 6.07) is 10.3. The predicted octanol–water partition coefficient (Wildman–Crippen LogP) is 3.08. The van der Waals surface area contributed by atoms with E-state index in [4.69, 9.17) is 22.1 Å². The summed E-state index contributed by atoms with van der Waals surface area (Å²) in [5.41, 5.74) is 6.34. The van der Waals surface area contributed by atoms with E-state index >= 15 is 0 Å². The van der Waals surface area contributed by atoms with Crippen LogP contribution in [0.3, 0.4) is 0 Å². The Morgan fingerprint density at radius 3 is 2.65 bits per heavy atom. The van der Waals surface area contributed by atoms with E-state index in [9.17, 15) is 9.18 Å². The topological polar surface area (TPSA) is 64.3 Å². The van der Waals surface area contributed by atoms with Crippen LogP contribution in [0.1, 0.15) is 0 Å². The lowest BCUT2D eigenvalue weighted by Gasteiger charge is -2.09. The standard InChI is InChI=1S/C14H12ClFN2O2/c15-12-6-1-9(16)7-13(12)18-14(19)8-20-11-4-2-10(17)3-5-11/h1-7H,8,17H2,(H,18,19). The van der Waals surface area contributed by atoms with E-state index in [1.54, 1.807) is 24.3 Å². The second kappa shape index (κ2) is 6.25. The summed E-state index contributed by atoms with van der Waals surface area (Å²) in [5.74, 6) is -0.404. The van der Waals surface area contributed by atoms with E-state index in [0.717, 1.165) is 6.07 Å². The van der Waals surface area contributed by atoms with E-state index in [1.165, 1.54) is 12.1 Å². The number of amides is 1. The van der Waals surface area contributed by atoms with Gasteiger partial charge in [0.05, 0.1) is 10.7 Å². The molecule has 4 nitrogen and oxygen atoms in total. The lowest BCUT2D eigenvalue weighted by molar-refractivity contribution is -0.118. The summed E-state index contributed by atoms with van der Waals surface area (Å²) in [4.78, 5) is 11.7. The largest absolute Gasteiger partial charge is 0.484 e. The van der Waals surface area contributed by atoms with Gasteiger partial charge in [0.15, 0.2) is 6.61 Å². The van der Waals surface area contributed by atoms with Gasteiger partial charge in [-0.2, -0.15) is 0 Å². The van der Waals surface area contributed by atoms with Gasteiger partial charge in [0.25, 0.3) is 5.91 Å². The zero-order valence-corrected chi connectivity index (χ0v) is 11.2. The first kappa shape index (κ1) is 14.1. The van der Waals surface area contributed by atoms with Crippen LogP contribution in [-0.4, -0.2) is 12.5 Å². The Bertz CT molecular complexity index is 617. The average Bonchev–Trinajstić information content (AvgIpc) is 2.42. The maximum Gasteiger partial charge on any atom is 0.262 e. The molecule has 0 aliphatic heterocycles. The molecule has 2 aromatic rings. The summed E-state index contributed by atoms with van der Waals surface area (Å²) in [5, 5.41) is 2.73. The fourth-order valence-corrected chi connectivity index (χ4v) is 1.66.